The number of carboxylic acid groups (broad SMARTS) is 1. The van der Waals surface area contributed by atoms with Crippen LogP contribution in [0.25, 0.3) is 0 Å². The molecule has 0 aromatic heterocycles. The van der Waals surface area contributed by atoms with Gasteiger partial charge >= 0.3 is 17.9 Å². The molecule has 1 heterocycles. The Balaban J connectivity index is 2.61. The minimum atomic E-state index is -1.29. The van der Waals surface area contributed by atoms with Gasteiger partial charge in [-0.3, -0.25) is 4.79 Å². The van der Waals surface area contributed by atoms with E-state index in [2.05, 4.69) is 6.58 Å². The number of carbonyl (C=O) groups excluding carboxylic acids is 2. The summed E-state index contributed by atoms with van der Waals surface area (Å²) < 4.78 is 15.9. The van der Waals surface area contributed by atoms with E-state index < -0.39 is 23.5 Å². The molecule has 1 fully saturated rings. The third-order valence-electron chi connectivity index (χ3n) is 4.54. The first kappa shape index (κ1) is 23.1. The number of hydrogen-bond acceptors (Lipinski definition) is 6. The summed E-state index contributed by atoms with van der Waals surface area (Å²) in [6.45, 7) is 6.18. The van der Waals surface area contributed by atoms with Crippen molar-refractivity contribution in [2.75, 3.05) is 13.2 Å². The summed E-state index contributed by atoms with van der Waals surface area (Å²) in [5.74, 6) is -1.94. The van der Waals surface area contributed by atoms with Crippen LogP contribution in [0.5, 0.6) is 0 Å². The molecule has 0 amide bonds. The Morgan fingerprint density at radius 1 is 1.15 bits per heavy atom. The molecule has 27 heavy (non-hydrogen) atoms. The first-order chi connectivity index (χ1) is 12.9. The van der Waals surface area contributed by atoms with E-state index in [0.717, 1.165) is 38.2 Å². The number of carboxylic acids is 1. The lowest BCUT2D eigenvalue weighted by molar-refractivity contribution is -0.182. The number of epoxide rings is 1. The Kier molecular flexibility index (Phi) is 10.7. The molecule has 1 rings (SSSR count). The third-order valence-corrected chi connectivity index (χ3v) is 4.54. The molecule has 1 aliphatic heterocycles. The average molecular weight is 384 g/mol. The van der Waals surface area contributed by atoms with Crippen LogP contribution in [-0.2, 0) is 28.6 Å². The van der Waals surface area contributed by atoms with E-state index in [9.17, 15) is 14.4 Å². The van der Waals surface area contributed by atoms with Crippen LogP contribution in [-0.4, -0.2) is 47.9 Å². The third kappa shape index (κ3) is 9.56. The van der Waals surface area contributed by atoms with Gasteiger partial charge in [-0.1, -0.05) is 39.2 Å². The highest BCUT2D eigenvalue weighted by Gasteiger charge is 2.43. The number of rotatable bonds is 16. The van der Waals surface area contributed by atoms with Crippen molar-refractivity contribution in [3.63, 3.8) is 0 Å². The lowest BCUT2D eigenvalue weighted by Crippen LogP contribution is -2.45. The smallest absolute Gasteiger partial charge is 0.350 e. The summed E-state index contributed by atoms with van der Waals surface area (Å²) in [6, 6.07) is 0. The van der Waals surface area contributed by atoms with Crippen molar-refractivity contribution < 1.29 is 33.7 Å². The fraction of sp³-hybridized carbons (Fsp3) is 0.750. The molecule has 1 N–H and O–H groups in total. The zero-order valence-electron chi connectivity index (χ0n) is 16.2. The highest BCUT2D eigenvalue weighted by Crippen LogP contribution is 2.29. The molecule has 1 saturated heterocycles. The van der Waals surface area contributed by atoms with Gasteiger partial charge in [-0.2, -0.15) is 0 Å². The van der Waals surface area contributed by atoms with E-state index in [1.807, 2.05) is 6.92 Å². The van der Waals surface area contributed by atoms with Gasteiger partial charge in [0.25, 0.3) is 0 Å². The zero-order chi connectivity index (χ0) is 20.1. The quantitative estimate of drug-likeness (QED) is 0.188. The van der Waals surface area contributed by atoms with Gasteiger partial charge in [-0.05, 0) is 32.1 Å². The molecule has 7 heteroatoms. The Bertz CT molecular complexity index is 499. The van der Waals surface area contributed by atoms with Crippen molar-refractivity contribution in [3.8, 4) is 0 Å². The second-order valence-electron chi connectivity index (χ2n) is 6.94. The second kappa shape index (κ2) is 12.5. The van der Waals surface area contributed by atoms with Crippen LogP contribution in [0.2, 0.25) is 0 Å². The van der Waals surface area contributed by atoms with Gasteiger partial charge in [0.1, 0.15) is 12.7 Å². The number of ether oxygens (including phenoxy) is 3. The molecule has 154 valence electrons. The van der Waals surface area contributed by atoms with Crippen molar-refractivity contribution in [1.82, 2.24) is 0 Å². The van der Waals surface area contributed by atoms with Crippen molar-refractivity contribution in [3.05, 3.63) is 12.7 Å². The molecule has 0 spiro atoms. The molecule has 0 bridgehead atoms. The van der Waals surface area contributed by atoms with Gasteiger partial charge in [-0.15, -0.1) is 0 Å². The average Bonchev–Trinajstić information content (AvgIpc) is 3.47. The molecule has 2 atom stereocenters. The SMILES string of the molecule is C=CC(=O)OC(CCCC)(CCCCCCCC(=O)O)C(=O)OCC1CO1. The molecule has 0 aromatic carbocycles. The normalized spacial score (nSPS) is 17.6. The molecule has 1 aliphatic rings. The van der Waals surface area contributed by atoms with Crippen LogP contribution in [0.15, 0.2) is 12.7 Å². The Labute approximate surface area is 161 Å². The topological polar surface area (TPSA) is 102 Å². The largest absolute Gasteiger partial charge is 0.481 e. The first-order valence-electron chi connectivity index (χ1n) is 9.79. The number of carbonyl (C=O) groups is 3. The minimum Gasteiger partial charge on any atom is -0.481 e. The molecule has 0 aliphatic carbocycles. The fourth-order valence-corrected chi connectivity index (χ4v) is 2.85. The Morgan fingerprint density at radius 2 is 1.78 bits per heavy atom. The number of unbranched alkanes of at least 4 members (excludes halogenated alkanes) is 5. The molecule has 2 unspecified atom stereocenters. The standard InChI is InChI=1S/C20H32O7/c1-3-5-12-20(27-18(23)4-2,19(24)26-15-16-14-25-16)13-10-8-6-7-9-11-17(21)22/h4,16H,2-3,5-15H2,1H3,(H,21,22). The van der Waals surface area contributed by atoms with E-state index in [-0.39, 0.29) is 19.1 Å². The number of aliphatic carboxylic acids is 1. The van der Waals surface area contributed by atoms with E-state index >= 15 is 0 Å². The molecule has 7 nitrogen and oxygen atoms in total. The van der Waals surface area contributed by atoms with E-state index in [0.29, 0.717) is 32.3 Å². The Hall–Kier alpha value is -1.89. The molecular weight excluding hydrogens is 352 g/mol. The van der Waals surface area contributed by atoms with Gasteiger partial charge in [0.15, 0.2) is 0 Å². The zero-order valence-corrected chi connectivity index (χ0v) is 16.2. The van der Waals surface area contributed by atoms with Crippen molar-refractivity contribution in [1.29, 1.82) is 0 Å². The monoisotopic (exact) mass is 384 g/mol. The van der Waals surface area contributed by atoms with Crippen LogP contribution in [0.1, 0.15) is 71.1 Å². The van der Waals surface area contributed by atoms with Crippen molar-refractivity contribution in [2.24, 2.45) is 0 Å². The Morgan fingerprint density at radius 3 is 2.37 bits per heavy atom. The number of esters is 2. The first-order valence-corrected chi connectivity index (χ1v) is 9.79. The summed E-state index contributed by atoms with van der Waals surface area (Å²) in [4.78, 5) is 35.1. The van der Waals surface area contributed by atoms with Crippen LogP contribution in [0.4, 0.5) is 0 Å². The lowest BCUT2D eigenvalue weighted by Gasteiger charge is -2.31. The molecule has 0 radical (unpaired) electrons. The van der Waals surface area contributed by atoms with Crippen LogP contribution < -0.4 is 0 Å². The number of hydrogen-bond donors (Lipinski definition) is 1. The van der Waals surface area contributed by atoms with E-state index in [1.54, 1.807) is 0 Å². The van der Waals surface area contributed by atoms with E-state index in [1.165, 1.54) is 0 Å². The van der Waals surface area contributed by atoms with Crippen LogP contribution in [0.3, 0.4) is 0 Å². The maximum atomic E-state index is 12.7. The lowest BCUT2D eigenvalue weighted by atomic mass is 9.89. The molecule has 0 aromatic rings. The maximum absolute atomic E-state index is 12.7. The van der Waals surface area contributed by atoms with Gasteiger partial charge in [0.05, 0.1) is 6.61 Å². The highest BCUT2D eigenvalue weighted by molar-refractivity contribution is 5.87. The maximum Gasteiger partial charge on any atom is 0.350 e. The predicted octanol–water partition coefficient (Wildman–Crippen LogP) is 3.40. The summed E-state index contributed by atoms with van der Waals surface area (Å²) in [6.07, 6.45) is 7.43. The summed E-state index contributed by atoms with van der Waals surface area (Å²) in [5, 5.41) is 8.65. The van der Waals surface area contributed by atoms with Gasteiger partial charge in [0.2, 0.25) is 5.60 Å². The fourth-order valence-electron chi connectivity index (χ4n) is 2.85. The molecular formula is C20H32O7. The summed E-state index contributed by atoms with van der Waals surface area (Å²) in [7, 11) is 0. The van der Waals surface area contributed by atoms with Gasteiger partial charge < -0.3 is 19.3 Å². The van der Waals surface area contributed by atoms with Crippen molar-refractivity contribution in [2.45, 2.75) is 82.8 Å². The predicted molar refractivity (Wildman–Crippen MR) is 99.2 cm³/mol. The molecule has 0 saturated carbocycles. The summed E-state index contributed by atoms with van der Waals surface area (Å²) >= 11 is 0. The minimum absolute atomic E-state index is 0.0535. The van der Waals surface area contributed by atoms with Crippen molar-refractivity contribution >= 4 is 17.9 Å². The van der Waals surface area contributed by atoms with Gasteiger partial charge in [-0.25, -0.2) is 9.59 Å². The van der Waals surface area contributed by atoms with E-state index in [4.69, 9.17) is 19.3 Å². The summed E-state index contributed by atoms with van der Waals surface area (Å²) in [5.41, 5.74) is -1.29. The highest BCUT2D eigenvalue weighted by atomic mass is 16.6. The second-order valence-corrected chi connectivity index (χ2v) is 6.94. The van der Waals surface area contributed by atoms with Crippen LogP contribution >= 0.6 is 0 Å². The van der Waals surface area contributed by atoms with Crippen LogP contribution in [0, 0.1) is 0 Å². The van der Waals surface area contributed by atoms with Gasteiger partial charge in [0, 0.05) is 12.5 Å².